The molecule has 0 spiro atoms. The number of methoxy groups -OCH3 is 1. The normalized spacial score (nSPS) is 11.3. The summed E-state index contributed by atoms with van der Waals surface area (Å²) in [7, 11) is 1.69. The van der Waals surface area contributed by atoms with Gasteiger partial charge in [-0.15, -0.1) is 0 Å². The number of benzene rings is 2. The number of ether oxygens (including phenoxy) is 1. The largest absolute Gasteiger partial charge is 0.497 e. The fourth-order valence-corrected chi connectivity index (χ4v) is 1.91. The van der Waals surface area contributed by atoms with Crippen molar-refractivity contribution >= 4 is 5.57 Å². The summed E-state index contributed by atoms with van der Waals surface area (Å²) >= 11 is 0. The van der Waals surface area contributed by atoms with Crippen LogP contribution in [0.25, 0.3) is 5.57 Å². The van der Waals surface area contributed by atoms with Crippen LogP contribution in [0.4, 0.5) is 0 Å². The lowest BCUT2D eigenvalue weighted by atomic mass is 9.98. The second kappa shape index (κ2) is 5.35. The Morgan fingerprint density at radius 2 is 1.65 bits per heavy atom. The molecule has 0 atom stereocenters. The number of hydrogen-bond acceptors (Lipinski definition) is 1. The van der Waals surface area contributed by atoms with Gasteiger partial charge in [0, 0.05) is 0 Å². The van der Waals surface area contributed by atoms with Gasteiger partial charge in [0.05, 0.1) is 7.11 Å². The maximum absolute atomic E-state index is 5.26. The minimum Gasteiger partial charge on any atom is -0.497 e. The van der Waals surface area contributed by atoms with Crippen LogP contribution in [0.1, 0.15) is 18.1 Å². The molecule has 0 aliphatic carbocycles. The van der Waals surface area contributed by atoms with Crippen molar-refractivity contribution in [2.75, 3.05) is 7.11 Å². The Bertz CT molecular complexity index is 512. The van der Waals surface area contributed by atoms with Crippen molar-refractivity contribution < 1.29 is 4.74 Å². The summed E-state index contributed by atoms with van der Waals surface area (Å²) < 4.78 is 5.26. The molecule has 86 valence electrons. The third kappa shape index (κ3) is 2.56. The third-order valence-electron chi connectivity index (χ3n) is 2.75. The predicted octanol–water partition coefficient (Wildman–Crippen LogP) is 4.15. The van der Waals surface area contributed by atoms with Gasteiger partial charge >= 0.3 is 0 Å². The molecule has 2 aromatic rings. The van der Waals surface area contributed by atoms with E-state index in [1.54, 1.807) is 7.11 Å². The molecular weight excluding hydrogens is 208 g/mol. The van der Waals surface area contributed by atoms with Gasteiger partial charge in [-0.2, -0.15) is 0 Å². The van der Waals surface area contributed by atoms with Crippen molar-refractivity contribution in [3.63, 3.8) is 0 Å². The summed E-state index contributed by atoms with van der Waals surface area (Å²) in [5.74, 6) is 0.887. The molecule has 0 N–H and O–H groups in total. The number of rotatable bonds is 3. The first kappa shape index (κ1) is 11.5. The summed E-state index contributed by atoms with van der Waals surface area (Å²) in [6.07, 6.45) is 2.13. The van der Waals surface area contributed by atoms with Gasteiger partial charge in [0.2, 0.25) is 0 Å². The molecule has 0 aliphatic heterocycles. The van der Waals surface area contributed by atoms with Crippen LogP contribution in [0.15, 0.2) is 60.7 Å². The molecule has 0 bridgehead atoms. The van der Waals surface area contributed by atoms with Gasteiger partial charge in [-0.05, 0) is 35.8 Å². The Kier molecular flexibility index (Phi) is 3.61. The van der Waals surface area contributed by atoms with Gasteiger partial charge < -0.3 is 4.74 Å². The Hall–Kier alpha value is -2.02. The summed E-state index contributed by atoms with van der Waals surface area (Å²) in [6.45, 7) is 2.06. The van der Waals surface area contributed by atoms with E-state index < -0.39 is 0 Å². The van der Waals surface area contributed by atoms with Crippen molar-refractivity contribution in [3.8, 4) is 5.75 Å². The topological polar surface area (TPSA) is 9.23 Å². The molecule has 0 unspecified atom stereocenters. The predicted molar refractivity (Wildman–Crippen MR) is 72.2 cm³/mol. The highest BCUT2D eigenvalue weighted by atomic mass is 16.5. The van der Waals surface area contributed by atoms with Crippen LogP contribution in [0.3, 0.4) is 0 Å². The lowest BCUT2D eigenvalue weighted by Gasteiger charge is -2.09. The number of allylic oxidation sites excluding steroid dienone is 1. The first-order valence-electron chi connectivity index (χ1n) is 5.71. The highest BCUT2D eigenvalue weighted by Crippen LogP contribution is 2.25. The molecule has 0 amide bonds. The Labute approximate surface area is 102 Å². The molecular formula is C16H16O. The van der Waals surface area contributed by atoms with E-state index in [1.807, 2.05) is 18.2 Å². The monoisotopic (exact) mass is 224 g/mol. The van der Waals surface area contributed by atoms with Gasteiger partial charge in [-0.25, -0.2) is 0 Å². The van der Waals surface area contributed by atoms with Gasteiger partial charge in [0.15, 0.2) is 0 Å². The highest BCUT2D eigenvalue weighted by molar-refractivity contribution is 5.80. The summed E-state index contributed by atoms with van der Waals surface area (Å²) in [5.41, 5.74) is 3.63. The standard InChI is InChI=1S/C16H16O/c1-3-16(13-8-5-4-6-9-13)14-10-7-11-15(12-14)17-2/h3-12H,1-2H3/b16-3-. The summed E-state index contributed by atoms with van der Waals surface area (Å²) in [6, 6.07) is 18.5. The zero-order valence-electron chi connectivity index (χ0n) is 10.2. The molecule has 0 fully saturated rings. The van der Waals surface area contributed by atoms with E-state index in [0.717, 1.165) is 5.75 Å². The molecule has 0 aromatic heterocycles. The van der Waals surface area contributed by atoms with Crippen LogP contribution in [0.5, 0.6) is 5.75 Å². The minimum atomic E-state index is 0.887. The van der Waals surface area contributed by atoms with Crippen LogP contribution in [0, 0.1) is 0 Å². The first-order valence-corrected chi connectivity index (χ1v) is 5.71. The van der Waals surface area contributed by atoms with Crippen LogP contribution in [-0.4, -0.2) is 7.11 Å². The van der Waals surface area contributed by atoms with Gasteiger partial charge in [-0.1, -0.05) is 48.5 Å². The maximum Gasteiger partial charge on any atom is 0.119 e. The van der Waals surface area contributed by atoms with Crippen LogP contribution >= 0.6 is 0 Å². The van der Waals surface area contributed by atoms with E-state index in [2.05, 4.69) is 49.4 Å². The third-order valence-corrected chi connectivity index (χ3v) is 2.75. The lowest BCUT2D eigenvalue weighted by molar-refractivity contribution is 0.414. The molecule has 0 aliphatic rings. The SMILES string of the molecule is C/C=C(/c1ccccc1)c1cccc(OC)c1. The Morgan fingerprint density at radius 3 is 2.29 bits per heavy atom. The van der Waals surface area contributed by atoms with E-state index in [4.69, 9.17) is 4.74 Å². The zero-order chi connectivity index (χ0) is 12.1. The summed E-state index contributed by atoms with van der Waals surface area (Å²) in [4.78, 5) is 0. The Morgan fingerprint density at radius 1 is 0.941 bits per heavy atom. The van der Waals surface area contributed by atoms with E-state index >= 15 is 0 Å². The van der Waals surface area contributed by atoms with Crippen molar-refractivity contribution in [1.82, 2.24) is 0 Å². The van der Waals surface area contributed by atoms with E-state index in [0.29, 0.717) is 0 Å². The second-order valence-corrected chi connectivity index (χ2v) is 3.80. The van der Waals surface area contributed by atoms with Gasteiger partial charge in [0.25, 0.3) is 0 Å². The van der Waals surface area contributed by atoms with E-state index in [-0.39, 0.29) is 0 Å². The quantitative estimate of drug-likeness (QED) is 0.761. The van der Waals surface area contributed by atoms with Crippen molar-refractivity contribution in [1.29, 1.82) is 0 Å². The second-order valence-electron chi connectivity index (χ2n) is 3.80. The van der Waals surface area contributed by atoms with E-state index in [9.17, 15) is 0 Å². The van der Waals surface area contributed by atoms with Crippen molar-refractivity contribution in [2.24, 2.45) is 0 Å². The van der Waals surface area contributed by atoms with Crippen molar-refractivity contribution in [3.05, 3.63) is 71.8 Å². The minimum absolute atomic E-state index is 0.887. The number of hydrogen-bond donors (Lipinski definition) is 0. The molecule has 0 saturated carbocycles. The molecule has 0 saturated heterocycles. The lowest BCUT2D eigenvalue weighted by Crippen LogP contribution is -1.89. The van der Waals surface area contributed by atoms with Crippen LogP contribution in [0.2, 0.25) is 0 Å². The Balaban J connectivity index is 2.43. The molecule has 1 nitrogen and oxygen atoms in total. The average Bonchev–Trinajstić information content (AvgIpc) is 2.41. The van der Waals surface area contributed by atoms with Gasteiger partial charge in [0.1, 0.15) is 5.75 Å². The molecule has 1 heteroatoms. The van der Waals surface area contributed by atoms with Crippen LogP contribution in [-0.2, 0) is 0 Å². The van der Waals surface area contributed by atoms with E-state index in [1.165, 1.54) is 16.7 Å². The fourth-order valence-electron chi connectivity index (χ4n) is 1.91. The highest BCUT2D eigenvalue weighted by Gasteiger charge is 2.04. The van der Waals surface area contributed by atoms with Gasteiger partial charge in [-0.3, -0.25) is 0 Å². The zero-order valence-corrected chi connectivity index (χ0v) is 10.2. The fraction of sp³-hybridized carbons (Fsp3) is 0.125. The molecule has 17 heavy (non-hydrogen) atoms. The van der Waals surface area contributed by atoms with Crippen molar-refractivity contribution in [2.45, 2.75) is 6.92 Å². The molecule has 2 rings (SSSR count). The maximum atomic E-state index is 5.26. The molecule has 2 aromatic carbocycles. The average molecular weight is 224 g/mol. The smallest absolute Gasteiger partial charge is 0.119 e. The molecule has 0 radical (unpaired) electrons. The summed E-state index contributed by atoms with van der Waals surface area (Å²) in [5, 5.41) is 0. The molecule has 0 heterocycles. The van der Waals surface area contributed by atoms with Crippen LogP contribution < -0.4 is 4.74 Å². The first-order chi connectivity index (χ1) is 8.35.